The lowest BCUT2D eigenvalue weighted by molar-refractivity contribution is 0.451. The van der Waals surface area contributed by atoms with Crippen LogP contribution in [-0.4, -0.2) is 20.4 Å². The van der Waals surface area contributed by atoms with Gasteiger partial charge in [0.05, 0.1) is 0 Å². The highest BCUT2D eigenvalue weighted by molar-refractivity contribution is 5.80. The molecule has 0 aliphatic rings. The van der Waals surface area contributed by atoms with Crippen LogP contribution in [0.3, 0.4) is 0 Å². The van der Waals surface area contributed by atoms with Gasteiger partial charge in [0.25, 0.3) is 0 Å². The number of rotatable bonds is 4. The van der Waals surface area contributed by atoms with Crippen molar-refractivity contribution < 1.29 is 20.4 Å². The van der Waals surface area contributed by atoms with Gasteiger partial charge in [-0.1, -0.05) is 25.5 Å². The summed E-state index contributed by atoms with van der Waals surface area (Å²) in [5.74, 6) is -0.00576. The highest BCUT2D eigenvalue weighted by atomic mass is 16.3. The summed E-state index contributed by atoms with van der Waals surface area (Å²) in [6, 6.07) is 14.9. The van der Waals surface area contributed by atoms with E-state index in [4.69, 9.17) is 0 Å². The van der Waals surface area contributed by atoms with E-state index in [0.717, 1.165) is 29.5 Å². The lowest BCUT2D eigenvalue weighted by Crippen LogP contribution is -1.90. The summed E-state index contributed by atoms with van der Waals surface area (Å²) in [7, 11) is 0. The van der Waals surface area contributed by atoms with E-state index < -0.39 is 0 Å². The monoisotopic (exact) mass is 336 g/mol. The van der Waals surface area contributed by atoms with E-state index in [0.29, 0.717) is 11.1 Å². The molecule has 4 heteroatoms. The first-order valence-electron chi connectivity index (χ1n) is 8.16. The molecule has 0 amide bonds. The molecule has 3 rings (SSSR count). The van der Waals surface area contributed by atoms with Gasteiger partial charge in [-0.25, -0.2) is 0 Å². The van der Waals surface area contributed by atoms with Gasteiger partial charge in [-0.05, 0) is 53.4 Å². The average molecular weight is 336 g/mol. The van der Waals surface area contributed by atoms with Crippen LogP contribution in [-0.2, 0) is 6.42 Å². The molecule has 0 saturated carbocycles. The largest absolute Gasteiger partial charge is 0.508 e. The first-order valence-corrected chi connectivity index (χ1v) is 8.16. The maximum Gasteiger partial charge on any atom is 0.127 e. The van der Waals surface area contributed by atoms with Crippen LogP contribution in [0.1, 0.15) is 18.9 Å². The molecule has 0 radical (unpaired) electrons. The fourth-order valence-electron chi connectivity index (χ4n) is 2.96. The quantitative estimate of drug-likeness (QED) is 0.552. The molecule has 25 heavy (non-hydrogen) atoms. The van der Waals surface area contributed by atoms with Crippen molar-refractivity contribution in [3.63, 3.8) is 0 Å². The van der Waals surface area contributed by atoms with E-state index in [1.807, 2.05) is 18.2 Å². The third kappa shape index (κ3) is 3.53. The van der Waals surface area contributed by atoms with Gasteiger partial charge in [0.15, 0.2) is 0 Å². The molecule has 4 nitrogen and oxygen atoms in total. The minimum Gasteiger partial charge on any atom is -0.508 e. The molecule has 0 aromatic heterocycles. The Morgan fingerprint density at radius 3 is 1.52 bits per heavy atom. The first kappa shape index (κ1) is 16.7. The van der Waals surface area contributed by atoms with Crippen LogP contribution < -0.4 is 0 Å². The third-order valence-electron chi connectivity index (χ3n) is 4.12. The Labute approximate surface area is 146 Å². The zero-order valence-corrected chi connectivity index (χ0v) is 13.9. The van der Waals surface area contributed by atoms with Crippen LogP contribution in [0.15, 0.2) is 54.6 Å². The van der Waals surface area contributed by atoms with Crippen molar-refractivity contribution in [2.75, 3.05) is 0 Å². The Bertz CT molecular complexity index is 846. The summed E-state index contributed by atoms with van der Waals surface area (Å²) in [4.78, 5) is 0. The van der Waals surface area contributed by atoms with E-state index in [-0.39, 0.29) is 23.0 Å². The number of hydrogen-bond donors (Lipinski definition) is 4. The van der Waals surface area contributed by atoms with Crippen LogP contribution in [0.4, 0.5) is 0 Å². The van der Waals surface area contributed by atoms with Crippen LogP contribution >= 0.6 is 0 Å². The first-order chi connectivity index (χ1) is 12.0. The number of hydrogen-bond acceptors (Lipinski definition) is 4. The molecule has 0 bridgehead atoms. The highest BCUT2D eigenvalue weighted by Gasteiger charge is 2.12. The lowest BCUT2D eigenvalue weighted by atomic mass is 9.94. The predicted molar refractivity (Wildman–Crippen MR) is 98.0 cm³/mol. The Morgan fingerprint density at radius 1 is 0.640 bits per heavy atom. The van der Waals surface area contributed by atoms with E-state index in [2.05, 4.69) is 6.92 Å². The van der Waals surface area contributed by atoms with Gasteiger partial charge in [-0.15, -0.1) is 0 Å². The number of phenols is 4. The summed E-state index contributed by atoms with van der Waals surface area (Å²) in [5, 5.41) is 39.4. The van der Waals surface area contributed by atoms with Crippen molar-refractivity contribution >= 4 is 0 Å². The molecule has 0 unspecified atom stereocenters. The molecule has 0 aliphatic heterocycles. The Hall–Kier alpha value is -3.14. The second-order valence-corrected chi connectivity index (χ2v) is 6.07. The Balaban J connectivity index is 2.18. The predicted octanol–water partition coefficient (Wildman–Crippen LogP) is 4.80. The molecule has 0 fully saturated rings. The maximum absolute atomic E-state index is 10.2. The number of aromatic hydroxyl groups is 4. The van der Waals surface area contributed by atoms with Gasteiger partial charge >= 0.3 is 0 Å². The number of benzene rings is 3. The van der Waals surface area contributed by atoms with Gasteiger partial charge in [0.2, 0.25) is 0 Å². The third-order valence-corrected chi connectivity index (χ3v) is 4.12. The molecule has 0 aliphatic carbocycles. The van der Waals surface area contributed by atoms with Crippen molar-refractivity contribution in [1.29, 1.82) is 0 Å². The molecule has 0 saturated heterocycles. The molecule has 0 atom stereocenters. The fourth-order valence-corrected chi connectivity index (χ4v) is 2.96. The van der Waals surface area contributed by atoms with Gasteiger partial charge in [-0.2, -0.15) is 0 Å². The van der Waals surface area contributed by atoms with E-state index >= 15 is 0 Å². The van der Waals surface area contributed by atoms with Gasteiger partial charge < -0.3 is 20.4 Å². The standard InChI is InChI=1S/C21H20O4/c1-2-3-13-8-14(18-6-4-16(22)11-20(18)24)10-15(9-13)19-7-5-17(23)12-21(19)25/h4-12,22-25H,2-3H2,1H3. The zero-order chi connectivity index (χ0) is 18.0. The van der Waals surface area contributed by atoms with Gasteiger partial charge in [0, 0.05) is 23.3 Å². The van der Waals surface area contributed by atoms with Crippen molar-refractivity contribution in [1.82, 2.24) is 0 Å². The molecule has 4 N–H and O–H groups in total. The maximum atomic E-state index is 10.2. The molecule has 3 aromatic carbocycles. The average Bonchev–Trinajstić information content (AvgIpc) is 2.54. The Morgan fingerprint density at radius 2 is 1.12 bits per heavy atom. The highest BCUT2D eigenvalue weighted by Crippen LogP contribution is 2.38. The molecule has 128 valence electrons. The second-order valence-electron chi connectivity index (χ2n) is 6.07. The normalized spacial score (nSPS) is 10.8. The smallest absolute Gasteiger partial charge is 0.127 e. The van der Waals surface area contributed by atoms with E-state index in [1.54, 1.807) is 12.1 Å². The topological polar surface area (TPSA) is 80.9 Å². The van der Waals surface area contributed by atoms with Gasteiger partial charge in [-0.3, -0.25) is 0 Å². The minimum absolute atomic E-state index is 0.00219. The summed E-state index contributed by atoms with van der Waals surface area (Å²) in [6.07, 6.45) is 1.82. The van der Waals surface area contributed by atoms with Crippen molar-refractivity contribution in [2.24, 2.45) is 0 Å². The van der Waals surface area contributed by atoms with Crippen LogP contribution in [0.25, 0.3) is 22.3 Å². The van der Waals surface area contributed by atoms with E-state index in [1.165, 1.54) is 24.3 Å². The Kier molecular flexibility index (Phi) is 4.52. The lowest BCUT2D eigenvalue weighted by Gasteiger charge is -2.13. The second kappa shape index (κ2) is 6.77. The van der Waals surface area contributed by atoms with E-state index in [9.17, 15) is 20.4 Å². The summed E-state index contributed by atoms with van der Waals surface area (Å²) < 4.78 is 0. The molecular formula is C21H20O4. The van der Waals surface area contributed by atoms with Crippen LogP contribution in [0, 0.1) is 0 Å². The fraction of sp³-hybridized carbons (Fsp3) is 0.143. The molecule has 0 heterocycles. The number of phenolic OH excluding ortho intramolecular Hbond substituents is 4. The summed E-state index contributed by atoms with van der Waals surface area (Å²) >= 11 is 0. The van der Waals surface area contributed by atoms with Crippen molar-refractivity contribution in [3.05, 3.63) is 60.2 Å². The zero-order valence-electron chi connectivity index (χ0n) is 13.9. The summed E-state index contributed by atoms with van der Waals surface area (Å²) in [5.41, 5.74) is 3.89. The van der Waals surface area contributed by atoms with Crippen molar-refractivity contribution in [2.45, 2.75) is 19.8 Å². The number of aryl methyl sites for hydroxylation is 1. The molecule has 3 aromatic rings. The summed E-state index contributed by atoms with van der Waals surface area (Å²) in [6.45, 7) is 2.09. The van der Waals surface area contributed by atoms with Crippen molar-refractivity contribution in [3.8, 4) is 45.3 Å². The molecular weight excluding hydrogens is 316 g/mol. The molecule has 0 spiro atoms. The van der Waals surface area contributed by atoms with Crippen LogP contribution in [0.2, 0.25) is 0 Å². The van der Waals surface area contributed by atoms with Gasteiger partial charge in [0.1, 0.15) is 23.0 Å². The SMILES string of the molecule is CCCc1cc(-c2ccc(O)cc2O)cc(-c2ccc(O)cc2O)c1. The minimum atomic E-state index is -0.00507. The van der Waals surface area contributed by atoms with Crippen LogP contribution in [0.5, 0.6) is 23.0 Å².